The fourth-order valence-electron chi connectivity index (χ4n) is 4.94. The van der Waals surface area contributed by atoms with Crippen molar-refractivity contribution >= 4 is 22.4 Å². The second kappa shape index (κ2) is 11.0. The second-order valence-corrected chi connectivity index (χ2v) is 9.74. The summed E-state index contributed by atoms with van der Waals surface area (Å²) in [6, 6.07) is 17.2. The maximum Gasteiger partial charge on any atom is 0.146 e. The third-order valence-electron chi connectivity index (χ3n) is 6.98. The maximum atomic E-state index is 15.0. The lowest BCUT2D eigenvalue weighted by molar-refractivity contribution is 0.250. The lowest BCUT2D eigenvalue weighted by Crippen LogP contribution is -2.15. The normalized spacial score (nSPS) is 18.3. The molecule has 32 heavy (non-hydrogen) atoms. The molecule has 0 saturated heterocycles. The van der Waals surface area contributed by atoms with Crippen molar-refractivity contribution in [2.24, 2.45) is 11.8 Å². The molecule has 4 rings (SSSR count). The summed E-state index contributed by atoms with van der Waals surface area (Å²) < 4.78 is 15.0. The van der Waals surface area contributed by atoms with Gasteiger partial charge in [-0.3, -0.25) is 0 Å². The molecule has 1 aliphatic carbocycles. The second-order valence-electron chi connectivity index (χ2n) is 9.31. The topological polar surface area (TPSA) is 0 Å². The molecule has 0 atom stereocenters. The van der Waals surface area contributed by atoms with Gasteiger partial charge in [-0.25, -0.2) is 4.39 Å². The summed E-state index contributed by atoms with van der Waals surface area (Å²) in [5.41, 5.74) is 2.56. The van der Waals surface area contributed by atoms with Crippen LogP contribution in [0, 0.1) is 29.5 Å². The number of halogens is 2. The third kappa shape index (κ3) is 5.93. The first-order valence-electron chi connectivity index (χ1n) is 12.1. The van der Waals surface area contributed by atoms with Crippen molar-refractivity contribution in [1.29, 1.82) is 0 Å². The summed E-state index contributed by atoms with van der Waals surface area (Å²) in [5.74, 6) is 7.58. The summed E-state index contributed by atoms with van der Waals surface area (Å²) >= 11 is 5.91. The van der Waals surface area contributed by atoms with E-state index in [2.05, 4.69) is 30.9 Å². The van der Waals surface area contributed by atoms with Crippen molar-refractivity contribution in [3.05, 3.63) is 82.1 Å². The predicted molar refractivity (Wildman–Crippen MR) is 135 cm³/mol. The van der Waals surface area contributed by atoms with E-state index in [1.165, 1.54) is 56.9 Å². The Morgan fingerprint density at radius 1 is 0.875 bits per heavy atom. The molecule has 0 nitrogen and oxygen atoms in total. The summed E-state index contributed by atoms with van der Waals surface area (Å²) in [4.78, 5) is 0. The van der Waals surface area contributed by atoms with Gasteiger partial charge in [-0.15, -0.1) is 0 Å². The van der Waals surface area contributed by atoms with Crippen LogP contribution in [0.25, 0.3) is 10.8 Å². The van der Waals surface area contributed by atoms with Gasteiger partial charge in [0.2, 0.25) is 0 Å². The van der Waals surface area contributed by atoms with Crippen LogP contribution in [-0.4, -0.2) is 0 Å². The molecule has 0 amide bonds. The Labute approximate surface area is 197 Å². The number of hydrogen-bond donors (Lipinski definition) is 0. The van der Waals surface area contributed by atoms with E-state index in [0.29, 0.717) is 16.0 Å². The van der Waals surface area contributed by atoms with E-state index in [4.69, 9.17) is 11.6 Å². The third-order valence-corrected chi connectivity index (χ3v) is 7.23. The van der Waals surface area contributed by atoms with Crippen molar-refractivity contribution < 1.29 is 4.39 Å². The fraction of sp³-hybridized carbons (Fsp3) is 0.400. The van der Waals surface area contributed by atoms with E-state index in [0.717, 1.165) is 29.2 Å². The number of fused-ring (bicyclic) bond motifs is 1. The zero-order valence-electron chi connectivity index (χ0n) is 19.0. The Bertz CT molecular complexity index is 1100. The van der Waals surface area contributed by atoms with Crippen LogP contribution in [0.5, 0.6) is 0 Å². The molecule has 0 radical (unpaired) electrons. The Hall–Kier alpha value is -2.30. The quantitative estimate of drug-likeness (QED) is 0.331. The lowest BCUT2D eigenvalue weighted by atomic mass is 9.78. The van der Waals surface area contributed by atoms with E-state index >= 15 is 4.39 Å². The van der Waals surface area contributed by atoms with Crippen LogP contribution in [0.2, 0.25) is 5.02 Å². The fourth-order valence-corrected chi connectivity index (χ4v) is 5.06. The number of hydrogen-bond acceptors (Lipinski definition) is 0. The highest BCUT2D eigenvalue weighted by Crippen LogP contribution is 2.34. The summed E-state index contributed by atoms with van der Waals surface area (Å²) in [6.45, 7) is 2.29. The molecule has 0 unspecified atom stereocenters. The minimum absolute atomic E-state index is 0.235. The molecular weight excluding hydrogens is 415 g/mol. The van der Waals surface area contributed by atoms with E-state index in [1.54, 1.807) is 18.2 Å². The Morgan fingerprint density at radius 3 is 2.31 bits per heavy atom. The van der Waals surface area contributed by atoms with E-state index < -0.39 is 0 Å². The molecule has 3 aromatic rings. The number of unbranched alkanes of at least 4 members (excludes halogenated alkanes) is 1. The molecule has 0 aromatic heterocycles. The summed E-state index contributed by atoms with van der Waals surface area (Å²) in [6.07, 6.45) is 12.0. The van der Waals surface area contributed by atoms with Crippen LogP contribution in [-0.2, 0) is 6.42 Å². The smallest absolute Gasteiger partial charge is 0.146 e. The average molecular weight is 447 g/mol. The SMILES string of the molecule is CCCCC1CCC(CCc2ccc3c(F)c(C#Cc4ccc(Cl)cc4)ccc3c2)CC1. The first-order chi connectivity index (χ1) is 15.6. The molecule has 3 aromatic carbocycles. The van der Waals surface area contributed by atoms with Crippen LogP contribution in [0.3, 0.4) is 0 Å². The van der Waals surface area contributed by atoms with Crippen LogP contribution >= 0.6 is 11.6 Å². The van der Waals surface area contributed by atoms with Crippen LogP contribution < -0.4 is 0 Å². The molecule has 0 N–H and O–H groups in total. The van der Waals surface area contributed by atoms with Gasteiger partial charge in [-0.2, -0.15) is 0 Å². The Kier molecular flexibility index (Phi) is 7.88. The van der Waals surface area contributed by atoms with Crippen LogP contribution in [0.1, 0.15) is 75.0 Å². The molecule has 0 spiro atoms. The van der Waals surface area contributed by atoms with Gasteiger partial charge in [0.1, 0.15) is 5.82 Å². The first-order valence-corrected chi connectivity index (χ1v) is 12.5. The van der Waals surface area contributed by atoms with Crippen molar-refractivity contribution in [2.45, 2.75) is 64.7 Å². The highest BCUT2D eigenvalue weighted by molar-refractivity contribution is 6.30. The van der Waals surface area contributed by atoms with Crippen molar-refractivity contribution in [3.8, 4) is 11.8 Å². The zero-order valence-corrected chi connectivity index (χ0v) is 19.7. The molecule has 1 aliphatic rings. The molecule has 1 saturated carbocycles. The van der Waals surface area contributed by atoms with Gasteiger partial charge in [-0.1, -0.05) is 99.6 Å². The monoisotopic (exact) mass is 446 g/mol. The van der Waals surface area contributed by atoms with Gasteiger partial charge in [0.25, 0.3) is 0 Å². The summed E-state index contributed by atoms with van der Waals surface area (Å²) in [5, 5.41) is 2.27. The van der Waals surface area contributed by atoms with Gasteiger partial charge in [0, 0.05) is 16.0 Å². The van der Waals surface area contributed by atoms with Crippen molar-refractivity contribution in [1.82, 2.24) is 0 Å². The van der Waals surface area contributed by atoms with Gasteiger partial charge in [0.05, 0.1) is 5.56 Å². The average Bonchev–Trinajstić information content (AvgIpc) is 2.82. The Morgan fingerprint density at radius 2 is 1.59 bits per heavy atom. The first kappa shape index (κ1) is 22.9. The zero-order chi connectivity index (χ0) is 22.3. The van der Waals surface area contributed by atoms with Gasteiger partial charge in [-0.05, 0) is 66.0 Å². The number of rotatable bonds is 6. The molecular formula is C30H32ClF. The lowest BCUT2D eigenvalue weighted by Gasteiger charge is -2.28. The van der Waals surface area contributed by atoms with E-state index in [9.17, 15) is 0 Å². The van der Waals surface area contributed by atoms with Crippen molar-refractivity contribution in [2.75, 3.05) is 0 Å². The van der Waals surface area contributed by atoms with Gasteiger partial charge >= 0.3 is 0 Å². The standard InChI is InChI=1S/C30H32ClF/c1-2-3-4-22-5-7-23(8-6-22)9-10-25-14-20-29-27(21-25)17-16-26(30(29)32)15-11-24-12-18-28(31)19-13-24/h12-14,16-23H,2-10H2,1H3. The van der Waals surface area contributed by atoms with E-state index in [1.807, 2.05) is 24.3 Å². The van der Waals surface area contributed by atoms with Crippen LogP contribution in [0.15, 0.2) is 54.6 Å². The summed E-state index contributed by atoms with van der Waals surface area (Å²) in [7, 11) is 0. The number of benzene rings is 3. The van der Waals surface area contributed by atoms with Gasteiger partial charge in [0.15, 0.2) is 0 Å². The predicted octanol–water partition coefficient (Wildman–Crippen LogP) is 8.96. The van der Waals surface area contributed by atoms with E-state index in [-0.39, 0.29) is 5.82 Å². The van der Waals surface area contributed by atoms with Crippen molar-refractivity contribution in [3.63, 3.8) is 0 Å². The maximum absolute atomic E-state index is 15.0. The van der Waals surface area contributed by atoms with Gasteiger partial charge < -0.3 is 0 Å². The molecule has 2 heteroatoms. The highest BCUT2D eigenvalue weighted by Gasteiger charge is 2.20. The minimum Gasteiger partial charge on any atom is -0.205 e. The minimum atomic E-state index is -0.235. The largest absolute Gasteiger partial charge is 0.205 e. The molecule has 0 bridgehead atoms. The van der Waals surface area contributed by atoms with Crippen LogP contribution in [0.4, 0.5) is 4.39 Å². The molecule has 1 fully saturated rings. The highest BCUT2D eigenvalue weighted by atomic mass is 35.5. The number of aryl methyl sites for hydroxylation is 1. The molecule has 0 heterocycles. The molecule has 0 aliphatic heterocycles. The molecule has 166 valence electrons. The Balaban J connectivity index is 1.39.